The van der Waals surface area contributed by atoms with Gasteiger partial charge in [0.15, 0.2) is 0 Å². The zero-order chi connectivity index (χ0) is 12.5. The molecule has 0 spiro atoms. The Hall–Kier alpha value is -0.260. The molecule has 1 rings (SSSR count). The van der Waals surface area contributed by atoms with E-state index in [9.17, 15) is 4.79 Å². The number of hydrogen-bond donors (Lipinski definition) is 1. The van der Waals surface area contributed by atoms with Gasteiger partial charge in [0.1, 0.15) is 6.04 Å². The molecule has 0 bridgehead atoms. The van der Waals surface area contributed by atoms with E-state index in [0.717, 1.165) is 12.3 Å². The van der Waals surface area contributed by atoms with Gasteiger partial charge < -0.3 is 15.4 Å². The van der Waals surface area contributed by atoms with Crippen LogP contribution in [0.5, 0.6) is 0 Å². The third kappa shape index (κ3) is 6.29. The number of hydrogen-bond acceptors (Lipinski definition) is 5. The van der Waals surface area contributed by atoms with Gasteiger partial charge in [0.25, 0.3) is 0 Å². The van der Waals surface area contributed by atoms with E-state index < -0.39 is 6.04 Å². The first kappa shape index (κ1) is 14.8. The van der Waals surface area contributed by atoms with Crippen molar-refractivity contribution >= 4 is 17.7 Å². The standard InChI is InChI=1S/C12H24N2O2S/c1-2-16-12(15)11(13)10-17-9-8-14-6-4-3-5-7-14/h11H,2-10,13H2,1H3. The van der Waals surface area contributed by atoms with Crippen LogP contribution in [0.1, 0.15) is 26.2 Å². The molecular weight excluding hydrogens is 236 g/mol. The summed E-state index contributed by atoms with van der Waals surface area (Å²) in [7, 11) is 0. The second kappa shape index (κ2) is 8.78. The first-order chi connectivity index (χ1) is 8.24. The molecule has 1 fully saturated rings. The highest BCUT2D eigenvalue weighted by Gasteiger charge is 2.14. The Bertz CT molecular complexity index is 221. The highest BCUT2D eigenvalue weighted by molar-refractivity contribution is 7.99. The molecule has 1 saturated heterocycles. The molecule has 17 heavy (non-hydrogen) atoms. The minimum Gasteiger partial charge on any atom is -0.465 e. The van der Waals surface area contributed by atoms with Gasteiger partial charge in [0.05, 0.1) is 6.61 Å². The molecule has 1 unspecified atom stereocenters. The van der Waals surface area contributed by atoms with Gasteiger partial charge in [0.2, 0.25) is 0 Å². The molecule has 0 aromatic carbocycles. The number of piperidine rings is 1. The second-order valence-corrected chi connectivity index (χ2v) is 5.49. The summed E-state index contributed by atoms with van der Waals surface area (Å²) in [4.78, 5) is 13.8. The van der Waals surface area contributed by atoms with Crippen LogP contribution in [0.25, 0.3) is 0 Å². The van der Waals surface area contributed by atoms with Crippen LogP contribution in [-0.2, 0) is 9.53 Å². The van der Waals surface area contributed by atoms with Crippen LogP contribution < -0.4 is 5.73 Å². The van der Waals surface area contributed by atoms with Gasteiger partial charge in [-0.25, -0.2) is 0 Å². The van der Waals surface area contributed by atoms with Crippen LogP contribution >= 0.6 is 11.8 Å². The van der Waals surface area contributed by atoms with Crippen LogP contribution in [-0.4, -0.2) is 54.7 Å². The van der Waals surface area contributed by atoms with E-state index in [0.29, 0.717) is 12.4 Å². The predicted octanol–water partition coefficient (Wildman–Crippen LogP) is 1.10. The lowest BCUT2D eigenvalue weighted by Gasteiger charge is -2.26. The Kier molecular flexibility index (Phi) is 7.64. The summed E-state index contributed by atoms with van der Waals surface area (Å²) in [5, 5.41) is 0. The van der Waals surface area contributed by atoms with Gasteiger partial charge in [0, 0.05) is 18.1 Å². The third-order valence-corrected chi connectivity index (χ3v) is 3.95. The van der Waals surface area contributed by atoms with E-state index in [1.807, 2.05) is 0 Å². The van der Waals surface area contributed by atoms with E-state index >= 15 is 0 Å². The second-order valence-electron chi connectivity index (χ2n) is 4.34. The van der Waals surface area contributed by atoms with Crippen molar-refractivity contribution in [3.8, 4) is 0 Å². The Morgan fingerprint density at radius 1 is 1.41 bits per heavy atom. The van der Waals surface area contributed by atoms with Crippen molar-refractivity contribution in [2.45, 2.75) is 32.2 Å². The lowest BCUT2D eigenvalue weighted by molar-refractivity contribution is -0.144. The molecule has 0 saturated carbocycles. The molecule has 1 atom stereocenters. The van der Waals surface area contributed by atoms with E-state index in [2.05, 4.69) is 4.90 Å². The maximum absolute atomic E-state index is 11.3. The Morgan fingerprint density at radius 3 is 2.76 bits per heavy atom. The third-order valence-electron chi connectivity index (χ3n) is 2.89. The molecule has 2 N–H and O–H groups in total. The Morgan fingerprint density at radius 2 is 2.12 bits per heavy atom. The van der Waals surface area contributed by atoms with Crippen molar-refractivity contribution in [2.75, 3.05) is 37.7 Å². The van der Waals surface area contributed by atoms with E-state index in [1.54, 1.807) is 18.7 Å². The fraction of sp³-hybridized carbons (Fsp3) is 0.917. The maximum Gasteiger partial charge on any atom is 0.323 e. The molecule has 0 amide bonds. The van der Waals surface area contributed by atoms with Crippen LogP contribution in [0.4, 0.5) is 0 Å². The maximum atomic E-state index is 11.3. The van der Waals surface area contributed by atoms with Gasteiger partial charge in [-0.1, -0.05) is 6.42 Å². The van der Waals surface area contributed by atoms with Gasteiger partial charge >= 0.3 is 5.97 Å². The minimum atomic E-state index is -0.471. The molecule has 0 aliphatic carbocycles. The van der Waals surface area contributed by atoms with Crippen LogP contribution in [0.15, 0.2) is 0 Å². The Balaban J connectivity index is 2.00. The molecule has 1 aliphatic heterocycles. The zero-order valence-electron chi connectivity index (χ0n) is 10.7. The first-order valence-corrected chi connectivity index (χ1v) is 7.62. The normalized spacial score (nSPS) is 18.9. The summed E-state index contributed by atoms with van der Waals surface area (Å²) in [6.45, 7) is 5.77. The molecular formula is C12H24N2O2S. The zero-order valence-corrected chi connectivity index (χ0v) is 11.5. The molecule has 4 nitrogen and oxygen atoms in total. The number of carbonyl (C=O) groups is 1. The van der Waals surface area contributed by atoms with Crippen LogP contribution in [0.2, 0.25) is 0 Å². The molecule has 0 radical (unpaired) electrons. The summed E-state index contributed by atoms with van der Waals surface area (Å²) in [6, 6.07) is -0.471. The summed E-state index contributed by atoms with van der Waals surface area (Å²) in [5.41, 5.74) is 5.71. The number of rotatable bonds is 7. The van der Waals surface area contributed by atoms with Gasteiger partial charge in [-0.15, -0.1) is 0 Å². The topological polar surface area (TPSA) is 55.6 Å². The SMILES string of the molecule is CCOC(=O)C(N)CSCCN1CCCCC1. The predicted molar refractivity (Wildman–Crippen MR) is 72.2 cm³/mol. The molecule has 1 heterocycles. The Labute approximate surface area is 108 Å². The number of nitrogens with zero attached hydrogens (tertiary/aromatic N) is 1. The number of carbonyl (C=O) groups excluding carboxylic acids is 1. The first-order valence-electron chi connectivity index (χ1n) is 6.46. The summed E-state index contributed by atoms with van der Waals surface area (Å²) < 4.78 is 4.86. The lowest BCUT2D eigenvalue weighted by atomic mass is 10.1. The fourth-order valence-electron chi connectivity index (χ4n) is 1.90. The molecule has 100 valence electrons. The smallest absolute Gasteiger partial charge is 0.323 e. The fourth-order valence-corrected chi connectivity index (χ4v) is 2.85. The number of esters is 1. The molecule has 1 aliphatic rings. The number of likely N-dealkylation sites (tertiary alicyclic amines) is 1. The van der Waals surface area contributed by atoms with E-state index in [1.165, 1.54) is 32.4 Å². The van der Waals surface area contributed by atoms with Crippen molar-refractivity contribution in [3.63, 3.8) is 0 Å². The molecule has 0 aromatic rings. The molecule has 0 aromatic heterocycles. The average Bonchev–Trinajstić information content (AvgIpc) is 2.36. The van der Waals surface area contributed by atoms with Crippen LogP contribution in [0, 0.1) is 0 Å². The highest BCUT2D eigenvalue weighted by atomic mass is 32.2. The van der Waals surface area contributed by atoms with Gasteiger partial charge in [-0.2, -0.15) is 11.8 Å². The van der Waals surface area contributed by atoms with Crippen molar-refractivity contribution in [1.29, 1.82) is 0 Å². The summed E-state index contributed by atoms with van der Waals surface area (Å²) in [6.07, 6.45) is 4.03. The van der Waals surface area contributed by atoms with E-state index in [4.69, 9.17) is 10.5 Å². The van der Waals surface area contributed by atoms with E-state index in [-0.39, 0.29) is 5.97 Å². The number of thioether (sulfide) groups is 1. The van der Waals surface area contributed by atoms with Crippen LogP contribution in [0.3, 0.4) is 0 Å². The largest absolute Gasteiger partial charge is 0.465 e. The van der Waals surface area contributed by atoms with Crippen molar-refractivity contribution in [3.05, 3.63) is 0 Å². The minimum absolute atomic E-state index is 0.280. The monoisotopic (exact) mass is 260 g/mol. The number of ether oxygens (including phenoxy) is 1. The summed E-state index contributed by atoms with van der Waals surface area (Å²) >= 11 is 1.74. The number of nitrogens with two attached hydrogens (primary N) is 1. The van der Waals surface area contributed by atoms with Crippen molar-refractivity contribution in [2.24, 2.45) is 5.73 Å². The van der Waals surface area contributed by atoms with Crippen molar-refractivity contribution in [1.82, 2.24) is 4.90 Å². The van der Waals surface area contributed by atoms with Gasteiger partial charge in [-0.05, 0) is 32.9 Å². The quantitative estimate of drug-likeness (QED) is 0.549. The summed E-state index contributed by atoms with van der Waals surface area (Å²) in [5.74, 6) is 1.43. The lowest BCUT2D eigenvalue weighted by Crippen LogP contribution is -2.35. The highest BCUT2D eigenvalue weighted by Crippen LogP contribution is 2.10. The average molecular weight is 260 g/mol. The van der Waals surface area contributed by atoms with Crippen molar-refractivity contribution < 1.29 is 9.53 Å². The molecule has 5 heteroatoms. The van der Waals surface area contributed by atoms with Gasteiger partial charge in [-0.3, -0.25) is 4.79 Å².